The molecule has 0 saturated heterocycles. The second kappa shape index (κ2) is 7.49. The van der Waals surface area contributed by atoms with Crippen LogP contribution in [0.5, 0.6) is 5.75 Å². The van der Waals surface area contributed by atoms with E-state index in [0.29, 0.717) is 11.4 Å². The van der Waals surface area contributed by atoms with Crippen LogP contribution in [0.1, 0.15) is 40.1 Å². The number of para-hydroxylation sites is 2. The van der Waals surface area contributed by atoms with Crippen molar-refractivity contribution < 1.29 is 14.3 Å². The number of carbonyl (C=O) groups is 2. The van der Waals surface area contributed by atoms with Crippen molar-refractivity contribution in [2.24, 2.45) is 5.73 Å². The zero-order chi connectivity index (χ0) is 16.9. The van der Waals surface area contributed by atoms with Crippen LogP contribution in [0.4, 0.5) is 5.69 Å². The molecule has 3 rings (SSSR count). The van der Waals surface area contributed by atoms with Gasteiger partial charge in [0, 0.05) is 10.3 Å². The average molecular weight is 344 g/mol. The third kappa shape index (κ3) is 3.76. The van der Waals surface area contributed by atoms with Crippen molar-refractivity contribution in [3.63, 3.8) is 0 Å². The Labute approximate surface area is 144 Å². The molecule has 1 aromatic heterocycles. The molecule has 0 aliphatic heterocycles. The lowest BCUT2D eigenvalue weighted by Crippen LogP contribution is -2.17. The van der Waals surface area contributed by atoms with E-state index in [4.69, 9.17) is 10.5 Å². The molecule has 0 radical (unpaired) electrons. The largest absolute Gasteiger partial charge is 0.491 e. The summed E-state index contributed by atoms with van der Waals surface area (Å²) in [7, 11) is 0. The van der Waals surface area contributed by atoms with Crippen LogP contribution in [0.15, 0.2) is 29.6 Å². The molecule has 2 aromatic rings. The van der Waals surface area contributed by atoms with E-state index in [2.05, 4.69) is 5.32 Å². The number of hydrogen-bond donors (Lipinski definition) is 2. The molecule has 24 heavy (non-hydrogen) atoms. The van der Waals surface area contributed by atoms with Gasteiger partial charge in [0.15, 0.2) is 0 Å². The van der Waals surface area contributed by atoms with E-state index >= 15 is 0 Å². The van der Waals surface area contributed by atoms with Crippen LogP contribution in [0.3, 0.4) is 0 Å². The van der Waals surface area contributed by atoms with Crippen LogP contribution in [0.25, 0.3) is 0 Å². The summed E-state index contributed by atoms with van der Waals surface area (Å²) in [5.41, 5.74) is 7.67. The summed E-state index contributed by atoms with van der Waals surface area (Å²) in [6.07, 6.45) is 4.51. The highest BCUT2D eigenvalue weighted by atomic mass is 32.1. The first-order chi connectivity index (χ1) is 11.6. The van der Waals surface area contributed by atoms with Crippen molar-refractivity contribution in [3.05, 3.63) is 45.6 Å². The Balaban J connectivity index is 1.72. The maximum Gasteiger partial charge on any atom is 0.256 e. The number of thiophene rings is 1. The summed E-state index contributed by atoms with van der Waals surface area (Å²) in [5.74, 6) is 0.0120. The van der Waals surface area contributed by atoms with E-state index in [-0.39, 0.29) is 18.9 Å². The lowest BCUT2D eigenvalue weighted by molar-refractivity contribution is -0.118. The van der Waals surface area contributed by atoms with Gasteiger partial charge in [-0.05, 0) is 43.4 Å². The summed E-state index contributed by atoms with van der Waals surface area (Å²) >= 11 is 1.67. The smallest absolute Gasteiger partial charge is 0.256 e. The Kier molecular flexibility index (Phi) is 5.15. The number of rotatable bonds is 6. The Hall–Kier alpha value is -2.34. The summed E-state index contributed by atoms with van der Waals surface area (Å²) in [5, 5.41) is 4.87. The Morgan fingerprint density at radius 3 is 2.83 bits per heavy atom. The molecule has 2 amide bonds. The van der Waals surface area contributed by atoms with E-state index in [1.807, 2.05) is 17.5 Å². The van der Waals surface area contributed by atoms with Crippen LogP contribution in [-0.2, 0) is 17.6 Å². The van der Waals surface area contributed by atoms with Gasteiger partial charge in [0.25, 0.3) is 5.91 Å². The van der Waals surface area contributed by atoms with E-state index in [0.717, 1.165) is 24.8 Å². The third-order valence-electron chi connectivity index (χ3n) is 4.05. The quantitative estimate of drug-likeness (QED) is 0.845. The summed E-state index contributed by atoms with van der Waals surface area (Å²) in [6.45, 7) is 0.191. The fourth-order valence-electron chi connectivity index (χ4n) is 2.83. The first-order valence-corrected chi connectivity index (χ1v) is 8.94. The van der Waals surface area contributed by atoms with Gasteiger partial charge in [-0.15, -0.1) is 11.3 Å². The highest BCUT2D eigenvalue weighted by Crippen LogP contribution is 2.31. The van der Waals surface area contributed by atoms with Gasteiger partial charge in [0.1, 0.15) is 5.75 Å². The molecule has 0 atom stereocenters. The minimum Gasteiger partial charge on any atom is -0.491 e. The predicted molar refractivity (Wildman–Crippen MR) is 94.7 cm³/mol. The van der Waals surface area contributed by atoms with E-state index < -0.39 is 5.91 Å². The van der Waals surface area contributed by atoms with Crippen LogP contribution in [0, 0.1) is 0 Å². The number of carbonyl (C=O) groups excluding carboxylic acids is 2. The van der Waals surface area contributed by atoms with Gasteiger partial charge in [-0.3, -0.25) is 9.59 Å². The molecule has 0 unspecified atom stereocenters. The van der Waals surface area contributed by atoms with Crippen molar-refractivity contribution in [2.75, 3.05) is 11.9 Å². The lowest BCUT2D eigenvalue weighted by atomic mass is 9.95. The highest BCUT2D eigenvalue weighted by molar-refractivity contribution is 7.10. The van der Waals surface area contributed by atoms with Gasteiger partial charge in [-0.2, -0.15) is 0 Å². The first-order valence-electron chi connectivity index (χ1n) is 8.06. The molecule has 1 aromatic carbocycles. The number of benzene rings is 1. The molecule has 0 fully saturated rings. The fraction of sp³-hybridized carbons (Fsp3) is 0.333. The summed E-state index contributed by atoms with van der Waals surface area (Å²) < 4.78 is 5.57. The van der Waals surface area contributed by atoms with E-state index in [1.165, 1.54) is 16.9 Å². The Morgan fingerprint density at radius 1 is 1.21 bits per heavy atom. The number of hydrogen-bond acceptors (Lipinski definition) is 4. The number of nitrogens with one attached hydrogen (secondary N) is 1. The Morgan fingerprint density at radius 2 is 2.00 bits per heavy atom. The maximum atomic E-state index is 12.6. The Bertz CT molecular complexity index is 754. The van der Waals surface area contributed by atoms with E-state index in [9.17, 15) is 9.59 Å². The molecule has 5 nitrogen and oxygen atoms in total. The normalized spacial score (nSPS) is 13.2. The molecule has 1 aliphatic rings. The van der Waals surface area contributed by atoms with Gasteiger partial charge in [0.2, 0.25) is 5.91 Å². The summed E-state index contributed by atoms with van der Waals surface area (Å²) in [4.78, 5) is 24.8. The van der Waals surface area contributed by atoms with Gasteiger partial charge >= 0.3 is 0 Å². The number of amides is 2. The molecule has 3 N–H and O–H groups in total. The third-order valence-corrected chi connectivity index (χ3v) is 5.14. The van der Waals surface area contributed by atoms with Crippen molar-refractivity contribution in [1.82, 2.24) is 0 Å². The van der Waals surface area contributed by atoms with Crippen molar-refractivity contribution in [2.45, 2.75) is 32.1 Å². The molecule has 1 aliphatic carbocycles. The van der Waals surface area contributed by atoms with E-state index in [1.54, 1.807) is 23.5 Å². The number of aryl methyl sites for hydroxylation is 1. The number of anilines is 1. The topological polar surface area (TPSA) is 81.4 Å². The number of nitrogens with two attached hydrogens (primary N) is 1. The summed E-state index contributed by atoms with van der Waals surface area (Å²) in [6, 6.07) is 7.21. The number of primary amides is 1. The van der Waals surface area contributed by atoms with Crippen molar-refractivity contribution in [1.29, 1.82) is 0 Å². The molecule has 0 spiro atoms. The predicted octanol–water partition coefficient (Wildman–Crippen LogP) is 3.13. The minimum absolute atomic E-state index is 0.111. The van der Waals surface area contributed by atoms with Gasteiger partial charge < -0.3 is 15.8 Å². The van der Waals surface area contributed by atoms with Gasteiger partial charge in [-0.25, -0.2) is 0 Å². The number of fused-ring (bicyclic) bond motifs is 1. The van der Waals surface area contributed by atoms with Crippen molar-refractivity contribution in [3.8, 4) is 5.75 Å². The lowest BCUT2D eigenvalue weighted by Gasteiger charge is -2.14. The standard InChI is InChI=1S/C18H20N2O3S/c19-17(21)9-10-23-15-7-3-2-6-14(15)20-18(22)13-11-24-16-8-4-1-5-12(13)16/h2-3,6-7,11H,1,4-5,8-10H2,(H2,19,21)(H,20,22). The van der Waals surface area contributed by atoms with Crippen LogP contribution >= 0.6 is 11.3 Å². The molecular weight excluding hydrogens is 324 g/mol. The van der Waals surface area contributed by atoms with Crippen molar-refractivity contribution >= 4 is 28.8 Å². The monoisotopic (exact) mass is 344 g/mol. The zero-order valence-electron chi connectivity index (χ0n) is 13.3. The maximum absolute atomic E-state index is 12.6. The van der Waals surface area contributed by atoms with Gasteiger partial charge in [0.05, 0.1) is 24.3 Å². The highest BCUT2D eigenvalue weighted by Gasteiger charge is 2.20. The molecule has 0 bridgehead atoms. The molecule has 126 valence electrons. The fourth-order valence-corrected chi connectivity index (χ4v) is 3.96. The molecular formula is C18H20N2O3S. The zero-order valence-corrected chi connectivity index (χ0v) is 14.2. The minimum atomic E-state index is -0.415. The SMILES string of the molecule is NC(=O)CCOc1ccccc1NC(=O)c1csc2c1CCCC2. The molecule has 0 saturated carbocycles. The molecule has 6 heteroatoms. The van der Waals surface area contributed by atoms with Crippen LogP contribution in [-0.4, -0.2) is 18.4 Å². The van der Waals surface area contributed by atoms with Crippen LogP contribution in [0.2, 0.25) is 0 Å². The second-order valence-electron chi connectivity index (χ2n) is 5.77. The molecule has 1 heterocycles. The number of ether oxygens (including phenoxy) is 1. The average Bonchev–Trinajstić information content (AvgIpc) is 3.00. The van der Waals surface area contributed by atoms with Crippen LogP contribution < -0.4 is 15.8 Å². The first kappa shape index (κ1) is 16.5. The van der Waals surface area contributed by atoms with Gasteiger partial charge in [-0.1, -0.05) is 12.1 Å². The second-order valence-corrected chi connectivity index (χ2v) is 6.74.